The van der Waals surface area contributed by atoms with Crippen LogP contribution in [0.4, 0.5) is 11.6 Å². The van der Waals surface area contributed by atoms with Crippen LogP contribution in [0.5, 0.6) is 0 Å². The van der Waals surface area contributed by atoms with Gasteiger partial charge in [0.05, 0.1) is 17.6 Å². The number of nitrogens with one attached hydrogen (secondary N) is 2. The maximum absolute atomic E-state index is 4.69. The van der Waals surface area contributed by atoms with Crippen LogP contribution in [-0.2, 0) is 0 Å². The summed E-state index contributed by atoms with van der Waals surface area (Å²) in [6, 6.07) is 8.48. The fraction of sp³-hybridized carbons (Fsp3) is 0.381. The first-order valence-corrected chi connectivity index (χ1v) is 10.4. The quantitative estimate of drug-likeness (QED) is 0.532. The Hall–Kier alpha value is -2.38. The van der Waals surface area contributed by atoms with Gasteiger partial charge in [0.1, 0.15) is 5.82 Å². The van der Waals surface area contributed by atoms with Crippen molar-refractivity contribution < 1.29 is 0 Å². The van der Waals surface area contributed by atoms with Crippen molar-refractivity contribution >= 4 is 23.6 Å². The molecule has 0 radical (unpaired) electrons. The number of nitrogens with zero attached hydrogens (tertiary/aromatic N) is 4. The topological polar surface area (TPSA) is 67.7 Å². The molecule has 0 atom stereocenters. The van der Waals surface area contributed by atoms with Gasteiger partial charge in [-0.15, -0.1) is 0 Å². The summed E-state index contributed by atoms with van der Waals surface area (Å²) in [5.74, 6) is 1.56. The number of imidazole rings is 1. The second-order valence-electron chi connectivity index (χ2n) is 6.33. The lowest BCUT2D eigenvalue weighted by Crippen LogP contribution is -2.06. The van der Waals surface area contributed by atoms with Crippen molar-refractivity contribution in [3.8, 4) is 11.4 Å². The number of aryl methyl sites for hydroxylation is 2. The van der Waals surface area contributed by atoms with Crippen LogP contribution >= 0.6 is 11.9 Å². The number of hydrogen-bond donors (Lipinski definition) is 2. The average Bonchev–Trinajstić information content (AvgIpc) is 3.08. The molecular weight excluding hydrogens is 368 g/mol. The number of hydrogen-bond acceptors (Lipinski definition) is 6. The van der Waals surface area contributed by atoms with Crippen LogP contribution in [0.25, 0.3) is 11.4 Å². The third kappa shape index (κ3) is 5.11. The van der Waals surface area contributed by atoms with E-state index >= 15 is 0 Å². The van der Waals surface area contributed by atoms with Crippen LogP contribution in [0, 0.1) is 13.8 Å². The molecule has 0 saturated carbocycles. The molecule has 0 aliphatic carbocycles. The summed E-state index contributed by atoms with van der Waals surface area (Å²) in [7, 11) is 1.91. The molecule has 3 aromatic rings. The summed E-state index contributed by atoms with van der Waals surface area (Å²) < 4.78 is 5.27. The predicted molar refractivity (Wildman–Crippen MR) is 119 cm³/mol. The Labute approximate surface area is 172 Å². The van der Waals surface area contributed by atoms with Gasteiger partial charge in [-0.2, -0.15) is 0 Å². The van der Waals surface area contributed by atoms with E-state index in [-0.39, 0.29) is 0 Å². The fourth-order valence-electron chi connectivity index (χ4n) is 2.93. The average molecular weight is 399 g/mol. The van der Waals surface area contributed by atoms with Crippen molar-refractivity contribution in [2.24, 2.45) is 0 Å². The molecule has 2 N–H and O–H groups in total. The Morgan fingerprint density at radius 1 is 1.07 bits per heavy atom. The minimum Gasteiger partial charge on any atom is -0.324 e. The molecule has 2 heterocycles. The van der Waals surface area contributed by atoms with Gasteiger partial charge in [-0.3, -0.25) is 4.72 Å². The highest BCUT2D eigenvalue weighted by Crippen LogP contribution is 2.26. The van der Waals surface area contributed by atoms with E-state index in [0.717, 1.165) is 28.5 Å². The lowest BCUT2D eigenvalue weighted by Gasteiger charge is -2.14. The lowest BCUT2D eigenvalue weighted by molar-refractivity contribution is 0.587. The fourth-order valence-corrected chi connectivity index (χ4v) is 3.54. The summed E-state index contributed by atoms with van der Waals surface area (Å²) in [4.78, 5) is 14.7. The maximum Gasteiger partial charge on any atom is 0.227 e. The van der Waals surface area contributed by atoms with Gasteiger partial charge >= 0.3 is 0 Å². The molecule has 150 valence electrons. The summed E-state index contributed by atoms with van der Waals surface area (Å²) in [5, 5.41) is 3.33. The molecule has 1 aromatic carbocycles. The van der Waals surface area contributed by atoms with Crippen molar-refractivity contribution in [3.05, 3.63) is 48.0 Å². The van der Waals surface area contributed by atoms with Crippen LogP contribution in [0.15, 0.2) is 41.6 Å². The molecule has 0 aliphatic heterocycles. The molecule has 0 aliphatic rings. The molecule has 0 bridgehead atoms. The van der Waals surface area contributed by atoms with E-state index in [4.69, 9.17) is 4.98 Å². The zero-order valence-corrected chi connectivity index (χ0v) is 18.6. The monoisotopic (exact) mass is 398 g/mol. The van der Waals surface area contributed by atoms with Crippen LogP contribution in [0.2, 0.25) is 0 Å². The van der Waals surface area contributed by atoms with Crippen LogP contribution in [0.3, 0.4) is 0 Å². The second kappa shape index (κ2) is 10.2. The third-order valence-electron chi connectivity index (χ3n) is 4.08. The maximum atomic E-state index is 4.69. The Morgan fingerprint density at radius 3 is 2.46 bits per heavy atom. The number of aromatic nitrogens is 4. The van der Waals surface area contributed by atoms with E-state index < -0.39 is 0 Å². The van der Waals surface area contributed by atoms with E-state index in [2.05, 4.69) is 57.5 Å². The first-order chi connectivity index (χ1) is 13.5. The highest BCUT2D eigenvalue weighted by Gasteiger charge is 2.13. The van der Waals surface area contributed by atoms with Gasteiger partial charge in [-0.05, 0) is 76.5 Å². The number of benzene rings is 1. The molecular formula is C21H30N6S. The Kier molecular flexibility index (Phi) is 8.02. The van der Waals surface area contributed by atoms with E-state index in [1.54, 1.807) is 18.1 Å². The molecule has 0 fully saturated rings. The van der Waals surface area contributed by atoms with Crippen molar-refractivity contribution in [1.29, 1.82) is 0 Å². The van der Waals surface area contributed by atoms with Crippen molar-refractivity contribution in [1.82, 2.24) is 24.2 Å². The van der Waals surface area contributed by atoms with Gasteiger partial charge < -0.3 is 9.88 Å². The Bertz CT molecular complexity index is 904. The van der Waals surface area contributed by atoms with Gasteiger partial charge in [0.15, 0.2) is 0 Å². The Morgan fingerprint density at radius 2 is 1.82 bits per heavy atom. The van der Waals surface area contributed by atoms with E-state index in [9.17, 15) is 0 Å². The van der Waals surface area contributed by atoms with Crippen LogP contribution in [-0.4, -0.2) is 26.6 Å². The number of rotatable bonds is 6. The molecule has 6 nitrogen and oxygen atoms in total. The smallest absolute Gasteiger partial charge is 0.227 e. The van der Waals surface area contributed by atoms with Crippen molar-refractivity contribution in [3.63, 3.8) is 0 Å². The summed E-state index contributed by atoms with van der Waals surface area (Å²) in [6.07, 6.45) is 3.65. The van der Waals surface area contributed by atoms with E-state index in [0.29, 0.717) is 12.0 Å². The highest BCUT2D eigenvalue weighted by atomic mass is 32.2. The zero-order valence-electron chi connectivity index (χ0n) is 17.7. The van der Waals surface area contributed by atoms with Gasteiger partial charge in [-0.25, -0.2) is 15.0 Å². The Balaban J connectivity index is 0.00000136. The van der Waals surface area contributed by atoms with E-state index in [1.165, 1.54) is 4.90 Å². The second-order valence-corrected chi connectivity index (χ2v) is 7.41. The first kappa shape index (κ1) is 21.9. The molecule has 0 unspecified atom stereocenters. The summed E-state index contributed by atoms with van der Waals surface area (Å²) in [6.45, 7) is 12.4. The van der Waals surface area contributed by atoms with Crippen molar-refractivity contribution in [2.45, 2.75) is 52.5 Å². The first-order valence-electron chi connectivity index (χ1n) is 9.58. The predicted octanol–water partition coefficient (Wildman–Crippen LogP) is 5.53. The normalized spacial score (nSPS) is 10.6. The highest BCUT2D eigenvalue weighted by molar-refractivity contribution is 7.97. The minimum absolute atomic E-state index is 0.318. The standard InChI is InChI=1S/C19H24N6S.C2H6/c1-12(2)25-14(4)22-11-18(25)17-8-9-21-19(24-17)23-16-7-6-15(26-20-5)10-13(16)3;1-2/h6-12,20H,1-5H3,(H,21,23,24);1-2H3. The van der Waals surface area contributed by atoms with Gasteiger partial charge in [0.2, 0.25) is 5.95 Å². The molecule has 0 amide bonds. The molecule has 0 saturated heterocycles. The van der Waals surface area contributed by atoms with Gasteiger partial charge in [0, 0.05) is 22.8 Å². The lowest BCUT2D eigenvalue weighted by atomic mass is 10.2. The molecule has 3 rings (SSSR count). The van der Waals surface area contributed by atoms with Gasteiger partial charge in [-0.1, -0.05) is 13.8 Å². The van der Waals surface area contributed by atoms with Crippen LogP contribution in [0.1, 0.15) is 45.1 Å². The summed E-state index contributed by atoms with van der Waals surface area (Å²) >= 11 is 1.59. The summed E-state index contributed by atoms with van der Waals surface area (Å²) in [5.41, 5.74) is 4.00. The van der Waals surface area contributed by atoms with Crippen LogP contribution < -0.4 is 10.0 Å². The molecule has 7 heteroatoms. The largest absolute Gasteiger partial charge is 0.324 e. The molecule has 0 spiro atoms. The van der Waals surface area contributed by atoms with Crippen molar-refractivity contribution in [2.75, 3.05) is 12.4 Å². The molecule has 28 heavy (non-hydrogen) atoms. The van der Waals surface area contributed by atoms with Gasteiger partial charge in [0.25, 0.3) is 0 Å². The number of anilines is 2. The molecule has 2 aromatic heterocycles. The zero-order chi connectivity index (χ0) is 20.7. The minimum atomic E-state index is 0.318. The third-order valence-corrected chi connectivity index (χ3v) is 4.77. The van der Waals surface area contributed by atoms with E-state index in [1.807, 2.05) is 46.1 Å². The SMILES string of the molecule is CC.CNSc1ccc(Nc2nccc(-c3cnc(C)n3C(C)C)n2)c(C)c1.